The fourth-order valence-corrected chi connectivity index (χ4v) is 4.06. The number of carbonyl (C=O) groups is 1. The van der Waals surface area contributed by atoms with Gasteiger partial charge in [0.05, 0.1) is 11.4 Å². The molecule has 1 N–H and O–H groups in total. The minimum absolute atomic E-state index is 0.0848. The van der Waals surface area contributed by atoms with E-state index in [1.807, 2.05) is 19.1 Å². The van der Waals surface area contributed by atoms with Crippen LogP contribution in [-0.4, -0.2) is 41.8 Å². The molecule has 0 bridgehead atoms. The van der Waals surface area contributed by atoms with Gasteiger partial charge in [0.1, 0.15) is 11.5 Å². The summed E-state index contributed by atoms with van der Waals surface area (Å²) in [6.07, 6.45) is 0. The van der Waals surface area contributed by atoms with E-state index in [2.05, 4.69) is 14.9 Å². The molecule has 1 heterocycles. The van der Waals surface area contributed by atoms with Crippen molar-refractivity contribution in [3.05, 3.63) is 59.2 Å². The Kier molecular flexibility index (Phi) is 5.82. The monoisotopic (exact) mass is 420 g/mol. The van der Waals surface area contributed by atoms with Crippen LogP contribution in [0.25, 0.3) is 11.3 Å². The van der Waals surface area contributed by atoms with Gasteiger partial charge in [-0.25, -0.2) is 12.8 Å². The predicted octanol–water partition coefficient (Wildman–Crippen LogP) is 2.91. The number of aryl methyl sites for hydroxylation is 1. The van der Waals surface area contributed by atoms with E-state index in [1.165, 1.54) is 18.6 Å². The molecule has 0 aliphatic rings. The molecule has 0 atom stereocenters. The molecule has 0 unspecified atom stereocenters. The van der Waals surface area contributed by atoms with Gasteiger partial charge in [0.15, 0.2) is 0 Å². The minimum atomic E-state index is -3.91. The zero-order valence-electron chi connectivity index (χ0n) is 15.1. The minimum Gasteiger partial charge on any atom is -0.325 e. The molecule has 2 aromatic carbocycles. The fraction of sp³-hybridized carbons (Fsp3) is 0.167. The number of likely N-dealkylation sites (N-methyl/N-ethyl adjacent to an activating group) is 1. The first-order valence-electron chi connectivity index (χ1n) is 8.17. The van der Waals surface area contributed by atoms with Gasteiger partial charge in [-0.2, -0.15) is 4.31 Å². The van der Waals surface area contributed by atoms with Crippen molar-refractivity contribution < 1.29 is 17.6 Å². The number of hydrogen-bond donors (Lipinski definition) is 1. The summed E-state index contributed by atoms with van der Waals surface area (Å²) in [5.41, 5.74) is 2.87. The molecule has 10 heteroatoms. The maximum atomic E-state index is 13.0. The molecule has 0 spiro atoms. The number of nitrogens with one attached hydrogen (secondary N) is 1. The average molecular weight is 420 g/mol. The molecule has 0 saturated heterocycles. The quantitative estimate of drug-likeness (QED) is 0.662. The van der Waals surface area contributed by atoms with E-state index >= 15 is 0 Å². The first kappa shape index (κ1) is 20.1. The summed E-state index contributed by atoms with van der Waals surface area (Å²) >= 11 is 1.22. The Morgan fingerprint density at radius 3 is 2.57 bits per heavy atom. The van der Waals surface area contributed by atoms with Crippen LogP contribution in [0.2, 0.25) is 0 Å². The van der Waals surface area contributed by atoms with Crippen molar-refractivity contribution in [1.29, 1.82) is 0 Å². The summed E-state index contributed by atoms with van der Waals surface area (Å²) in [5, 5.41) is 8.52. The summed E-state index contributed by atoms with van der Waals surface area (Å²) in [6.45, 7) is 1.44. The Balaban J connectivity index is 1.73. The fourth-order valence-electron chi connectivity index (χ4n) is 2.47. The van der Waals surface area contributed by atoms with Gasteiger partial charge in [-0.1, -0.05) is 16.6 Å². The van der Waals surface area contributed by atoms with E-state index in [4.69, 9.17) is 0 Å². The van der Waals surface area contributed by atoms with Crippen LogP contribution in [0.1, 0.15) is 5.56 Å². The van der Waals surface area contributed by atoms with E-state index in [1.54, 1.807) is 11.4 Å². The lowest BCUT2D eigenvalue weighted by atomic mass is 10.1. The van der Waals surface area contributed by atoms with Crippen molar-refractivity contribution in [3.63, 3.8) is 0 Å². The molecule has 0 saturated carbocycles. The average Bonchev–Trinajstić information content (AvgIpc) is 3.18. The topological polar surface area (TPSA) is 92.3 Å². The summed E-state index contributed by atoms with van der Waals surface area (Å²) in [6, 6.07) is 9.91. The van der Waals surface area contributed by atoms with Crippen LogP contribution in [0.3, 0.4) is 0 Å². The zero-order valence-corrected chi connectivity index (χ0v) is 16.7. The second-order valence-corrected chi connectivity index (χ2v) is 8.74. The second-order valence-electron chi connectivity index (χ2n) is 6.08. The molecular formula is C18H17FN4O3S2. The molecule has 7 nitrogen and oxygen atoms in total. The number of anilines is 1. The van der Waals surface area contributed by atoms with Gasteiger partial charge in [-0.3, -0.25) is 4.79 Å². The van der Waals surface area contributed by atoms with Crippen LogP contribution in [0, 0.1) is 12.7 Å². The predicted molar refractivity (Wildman–Crippen MR) is 105 cm³/mol. The summed E-state index contributed by atoms with van der Waals surface area (Å²) in [7, 11) is -2.61. The van der Waals surface area contributed by atoms with Crippen LogP contribution in [0.5, 0.6) is 0 Å². The van der Waals surface area contributed by atoms with Crippen molar-refractivity contribution in [3.8, 4) is 11.3 Å². The Hall–Kier alpha value is -2.69. The number of benzene rings is 2. The highest BCUT2D eigenvalue weighted by Gasteiger charge is 2.23. The number of sulfonamides is 1. The number of halogens is 1. The Bertz CT molecular complexity index is 1080. The Morgan fingerprint density at radius 2 is 1.93 bits per heavy atom. The Labute approximate surface area is 166 Å². The first-order valence-corrected chi connectivity index (χ1v) is 10.4. The lowest BCUT2D eigenvalue weighted by Gasteiger charge is -2.17. The molecule has 0 radical (unpaired) electrons. The van der Waals surface area contributed by atoms with Crippen molar-refractivity contribution >= 4 is 33.2 Å². The standard InChI is InChI=1S/C18H17FN4O3S2/c1-12-3-4-13(17-11-27-22-21-17)9-16(12)20-18(24)10-23(2)28(25,26)15-7-5-14(19)6-8-15/h3-9,11H,10H2,1-2H3,(H,20,24). The van der Waals surface area contributed by atoms with Gasteiger partial charge < -0.3 is 5.32 Å². The highest BCUT2D eigenvalue weighted by atomic mass is 32.2. The third kappa shape index (κ3) is 4.41. The van der Waals surface area contributed by atoms with Crippen LogP contribution in [-0.2, 0) is 14.8 Å². The number of rotatable bonds is 6. The molecule has 1 aromatic heterocycles. The van der Waals surface area contributed by atoms with Gasteiger partial charge in [-0.15, -0.1) is 5.10 Å². The molecular weight excluding hydrogens is 403 g/mol. The first-order chi connectivity index (χ1) is 13.3. The van der Waals surface area contributed by atoms with Gasteiger partial charge in [0.25, 0.3) is 0 Å². The maximum Gasteiger partial charge on any atom is 0.243 e. The van der Waals surface area contributed by atoms with Gasteiger partial charge in [0.2, 0.25) is 15.9 Å². The summed E-state index contributed by atoms with van der Waals surface area (Å²) in [4.78, 5) is 12.3. The number of carbonyl (C=O) groups excluding carboxylic acids is 1. The van der Waals surface area contributed by atoms with Crippen LogP contribution in [0.15, 0.2) is 52.7 Å². The van der Waals surface area contributed by atoms with Gasteiger partial charge >= 0.3 is 0 Å². The Morgan fingerprint density at radius 1 is 1.21 bits per heavy atom. The molecule has 0 fully saturated rings. The molecule has 1 amide bonds. The number of amides is 1. The molecule has 3 aromatic rings. The third-order valence-electron chi connectivity index (χ3n) is 4.06. The molecule has 0 aliphatic carbocycles. The van der Waals surface area contributed by atoms with Crippen LogP contribution < -0.4 is 5.32 Å². The largest absolute Gasteiger partial charge is 0.325 e. The van der Waals surface area contributed by atoms with Crippen LogP contribution >= 0.6 is 11.5 Å². The normalized spacial score (nSPS) is 11.6. The molecule has 0 aliphatic heterocycles. The molecule has 146 valence electrons. The van der Waals surface area contributed by atoms with Gasteiger partial charge in [0, 0.05) is 23.7 Å². The smallest absolute Gasteiger partial charge is 0.243 e. The van der Waals surface area contributed by atoms with E-state index in [9.17, 15) is 17.6 Å². The SMILES string of the molecule is Cc1ccc(-c2csnn2)cc1NC(=O)CN(C)S(=O)(=O)c1ccc(F)cc1. The molecule has 3 rings (SSSR count). The van der Waals surface area contributed by atoms with Crippen molar-refractivity contribution in [1.82, 2.24) is 13.9 Å². The van der Waals surface area contributed by atoms with E-state index in [0.717, 1.165) is 39.7 Å². The summed E-state index contributed by atoms with van der Waals surface area (Å²) < 4.78 is 42.8. The van der Waals surface area contributed by atoms with E-state index in [0.29, 0.717) is 11.4 Å². The lowest BCUT2D eigenvalue weighted by Crippen LogP contribution is -2.35. The van der Waals surface area contributed by atoms with Crippen molar-refractivity contribution in [2.24, 2.45) is 0 Å². The molecule has 28 heavy (non-hydrogen) atoms. The number of aromatic nitrogens is 2. The number of nitrogens with zero attached hydrogens (tertiary/aromatic N) is 3. The highest BCUT2D eigenvalue weighted by Crippen LogP contribution is 2.24. The van der Waals surface area contributed by atoms with E-state index in [-0.39, 0.29) is 11.4 Å². The lowest BCUT2D eigenvalue weighted by molar-refractivity contribution is -0.116. The second kappa shape index (κ2) is 8.13. The maximum absolute atomic E-state index is 13.0. The zero-order chi connectivity index (χ0) is 20.3. The van der Waals surface area contributed by atoms with Crippen molar-refractivity contribution in [2.45, 2.75) is 11.8 Å². The van der Waals surface area contributed by atoms with Crippen LogP contribution in [0.4, 0.5) is 10.1 Å². The summed E-state index contributed by atoms with van der Waals surface area (Å²) in [5.74, 6) is -1.03. The van der Waals surface area contributed by atoms with E-state index < -0.39 is 21.7 Å². The highest BCUT2D eigenvalue weighted by molar-refractivity contribution is 7.89. The number of hydrogen-bond acceptors (Lipinski definition) is 6. The van der Waals surface area contributed by atoms with Gasteiger partial charge in [-0.05, 0) is 54.4 Å². The third-order valence-corrected chi connectivity index (χ3v) is 6.38. The van der Waals surface area contributed by atoms with Crippen molar-refractivity contribution in [2.75, 3.05) is 18.9 Å².